The minimum atomic E-state index is -0.539. The van der Waals surface area contributed by atoms with Crippen LogP contribution >= 0.6 is 0 Å². The molecule has 0 amide bonds. The van der Waals surface area contributed by atoms with Gasteiger partial charge < -0.3 is 4.74 Å². The Kier molecular flexibility index (Phi) is 3.00. The zero-order valence-electron chi connectivity index (χ0n) is 10.4. The fourth-order valence-electron chi connectivity index (χ4n) is 2.24. The van der Waals surface area contributed by atoms with Gasteiger partial charge in [0.25, 0.3) is 5.82 Å². The van der Waals surface area contributed by atoms with E-state index in [4.69, 9.17) is 4.74 Å². The Hall–Kier alpha value is -1.65. The molecular weight excluding hydrogens is 220 g/mol. The lowest BCUT2D eigenvalue weighted by atomic mass is 10.2. The van der Waals surface area contributed by atoms with Crippen LogP contribution in [-0.4, -0.2) is 17.1 Å². The van der Waals surface area contributed by atoms with Crippen LogP contribution in [0.25, 0.3) is 0 Å². The summed E-state index contributed by atoms with van der Waals surface area (Å²) in [4.78, 5) is 23.7. The summed E-state index contributed by atoms with van der Waals surface area (Å²) in [5.74, 6) is 0.429. The van der Waals surface area contributed by atoms with E-state index in [0.29, 0.717) is 6.04 Å². The first-order chi connectivity index (χ1) is 8.06. The zero-order chi connectivity index (χ0) is 12.6. The van der Waals surface area contributed by atoms with E-state index in [1.165, 1.54) is 0 Å². The van der Waals surface area contributed by atoms with Crippen LogP contribution < -0.4 is 10.1 Å². The molecule has 2 rings (SSSR count). The molecule has 0 bridgehead atoms. The van der Waals surface area contributed by atoms with Crippen LogP contribution in [0.15, 0.2) is 11.0 Å². The molecule has 5 heteroatoms. The van der Waals surface area contributed by atoms with Crippen molar-refractivity contribution < 1.29 is 14.1 Å². The first-order valence-electron chi connectivity index (χ1n) is 5.87. The molecule has 0 saturated heterocycles. The van der Waals surface area contributed by atoms with Crippen LogP contribution in [0.1, 0.15) is 42.5 Å². The summed E-state index contributed by atoms with van der Waals surface area (Å²) >= 11 is 0. The molecule has 1 aliphatic rings. The summed E-state index contributed by atoms with van der Waals surface area (Å²) in [6, 6.07) is 0.324. The van der Waals surface area contributed by atoms with Gasteiger partial charge in [-0.05, 0) is 20.3 Å². The molecule has 2 heterocycles. The van der Waals surface area contributed by atoms with Crippen molar-refractivity contribution in [2.24, 2.45) is 7.05 Å². The maximum Gasteiger partial charge on any atom is 0.351 e. The largest absolute Gasteiger partial charge is 0.462 e. The Morgan fingerprint density at radius 3 is 3.00 bits per heavy atom. The summed E-state index contributed by atoms with van der Waals surface area (Å²) in [6.07, 6.45) is 3.50. The van der Waals surface area contributed by atoms with E-state index in [9.17, 15) is 9.59 Å². The third kappa shape index (κ3) is 1.85. The molecule has 0 spiro atoms. The molecule has 17 heavy (non-hydrogen) atoms. The van der Waals surface area contributed by atoms with Gasteiger partial charge in [-0.2, -0.15) is 4.57 Å². The summed E-state index contributed by atoms with van der Waals surface area (Å²) < 4.78 is 8.44. The van der Waals surface area contributed by atoms with Crippen LogP contribution in [-0.2, 0) is 18.2 Å². The molecule has 0 N–H and O–H groups in total. The van der Waals surface area contributed by atoms with Gasteiger partial charge in [-0.15, -0.1) is 0 Å². The molecule has 0 aromatic carbocycles. The van der Waals surface area contributed by atoms with Crippen molar-refractivity contribution in [1.29, 1.82) is 0 Å². The van der Waals surface area contributed by atoms with Gasteiger partial charge in [-0.25, -0.2) is 14.2 Å². The highest BCUT2D eigenvalue weighted by atomic mass is 16.5. The average Bonchev–Trinajstić information content (AvgIpc) is 2.66. The van der Waals surface area contributed by atoms with E-state index < -0.39 is 5.97 Å². The summed E-state index contributed by atoms with van der Waals surface area (Å²) in [5.41, 5.74) is -0.157. The molecule has 1 aromatic rings. The highest BCUT2D eigenvalue weighted by Gasteiger charge is 2.31. The molecule has 0 saturated carbocycles. The van der Waals surface area contributed by atoms with Gasteiger partial charge in [0.2, 0.25) is 0 Å². The standard InChI is InChI=1S/C12H17N2O3/c1-4-17-12(16)9-7-14-8(2)5-6-10(14)13(3)11(9)15/h7-8H,4-6H2,1-3H3/q+1. The predicted octanol–water partition coefficient (Wildman–Crippen LogP) is 0.357. The van der Waals surface area contributed by atoms with Gasteiger partial charge >= 0.3 is 11.5 Å². The van der Waals surface area contributed by atoms with E-state index in [2.05, 4.69) is 6.92 Å². The number of carbonyl (C=O) groups excluding carboxylic acids is 1. The van der Waals surface area contributed by atoms with Gasteiger partial charge in [0.05, 0.1) is 26.1 Å². The van der Waals surface area contributed by atoms with Gasteiger partial charge in [0.15, 0.2) is 5.56 Å². The number of nitrogens with zero attached hydrogens (tertiary/aromatic N) is 2. The monoisotopic (exact) mass is 237 g/mol. The van der Waals surface area contributed by atoms with E-state index in [0.717, 1.165) is 18.7 Å². The molecule has 92 valence electrons. The van der Waals surface area contributed by atoms with E-state index in [1.807, 2.05) is 4.57 Å². The van der Waals surface area contributed by atoms with Crippen LogP contribution in [0.4, 0.5) is 0 Å². The van der Waals surface area contributed by atoms with Crippen molar-refractivity contribution >= 4 is 5.97 Å². The third-order valence-corrected chi connectivity index (χ3v) is 3.24. The van der Waals surface area contributed by atoms with Crippen molar-refractivity contribution in [3.63, 3.8) is 0 Å². The SMILES string of the molecule is CCOC(=O)c1c[n+]2c(n(C)c1=O)CCC2C. The Labute approximate surface area is 99.6 Å². The fraction of sp³-hybridized carbons (Fsp3) is 0.583. The zero-order valence-corrected chi connectivity index (χ0v) is 10.4. The topological polar surface area (TPSA) is 52.2 Å². The van der Waals surface area contributed by atoms with E-state index in [-0.39, 0.29) is 17.7 Å². The highest BCUT2D eigenvalue weighted by molar-refractivity contribution is 5.88. The number of hydrogen-bond donors (Lipinski definition) is 0. The number of aromatic nitrogens is 2. The second-order valence-electron chi connectivity index (χ2n) is 4.34. The molecule has 0 aliphatic carbocycles. The minimum absolute atomic E-state index is 0.117. The number of rotatable bonds is 2. The summed E-state index contributed by atoms with van der Waals surface area (Å²) in [7, 11) is 1.70. The lowest BCUT2D eigenvalue weighted by Crippen LogP contribution is -2.45. The maximum absolute atomic E-state index is 12.0. The van der Waals surface area contributed by atoms with Crippen molar-refractivity contribution in [3.8, 4) is 0 Å². The van der Waals surface area contributed by atoms with E-state index >= 15 is 0 Å². The van der Waals surface area contributed by atoms with Gasteiger partial charge in [0.1, 0.15) is 6.20 Å². The van der Waals surface area contributed by atoms with Crippen molar-refractivity contribution in [2.75, 3.05) is 6.61 Å². The van der Waals surface area contributed by atoms with Crippen molar-refractivity contribution in [3.05, 3.63) is 27.9 Å². The predicted molar refractivity (Wildman–Crippen MR) is 60.9 cm³/mol. The van der Waals surface area contributed by atoms with Gasteiger partial charge in [0, 0.05) is 0 Å². The number of carbonyl (C=O) groups is 1. The molecule has 5 nitrogen and oxygen atoms in total. The van der Waals surface area contributed by atoms with Crippen LogP contribution in [0, 0.1) is 0 Å². The first kappa shape index (κ1) is 11.8. The molecule has 1 aromatic heterocycles. The fourth-order valence-corrected chi connectivity index (χ4v) is 2.24. The minimum Gasteiger partial charge on any atom is -0.462 e. The number of ether oxygens (including phenoxy) is 1. The lowest BCUT2D eigenvalue weighted by Gasteiger charge is -2.07. The molecular formula is C12H17N2O3+. The Balaban J connectivity index is 2.56. The summed E-state index contributed by atoms with van der Waals surface area (Å²) in [6.45, 7) is 4.08. The number of hydrogen-bond acceptors (Lipinski definition) is 3. The lowest BCUT2D eigenvalue weighted by molar-refractivity contribution is -0.717. The molecule has 0 fully saturated rings. The Morgan fingerprint density at radius 1 is 1.65 bits per heavy atom. The molecule has 1 atom stereocenters. The van der Waals surface area contributed by atoms with Crippen LogP contribution in [0.5, 0.6) is 0 Å². The smallest absolute Gasteiger partial charge is 0.351 e. The number of esters is 1. The van der Waals surface area contributed by atoms with Gasteiger partial charge in [-0.1, -0.05) is 0 Å². The second kappa shape index (κ2) is 4.31. The average molecular weight is 237 g/mol. The molecule has 1 unspecified atom stereocenters. The third-order valence-electron chi connectivity index (χ3n) is 3.24. The normalized spacial score (nSPS) is 17.9. The van der Waals surface area contributed by atoms with E-state index in [1.54, 1.807) is 24.7 Å². The highest BCUT2D eigenvalue weighted by Crippen LogP contribution is 2.14. The van der Waals surface area contributed by atoms with Gasteiger partial charge in [-0.3, -0.25) is 0 Å². The Bertz CT molecular complexity index is 519. The first-order valence-corrected chi connectivity index (χ1v) is 5.87. The molecule has 1 aliphatic heterocycles. The Morgan fingerprint density at radius 2 is 2.35 bits per heavy atom. The van der Waals surface area contributed by atoms with Crippen LogP contribution in [0.3, 0.4) is 0 Å². The van der Waals surface area contributed by atoms with Crippen molar-refractivity contribution in [1.82, 2.24) is 4.57 Å². The quantitative estimate of drug-likeness (QED) is 0.551. The maximum atomic E-state index is 12.0. The van der Waals surface area contributed by atoms with Crippen LogP contribution in [0.2, 0.25) is 0 Å². The second-order valence-corrected chi connectivity index (χ2v) is 4.34. The van der Waals surface area contributed by atoms with Crippen molar-refractivity contribution in [2.45, 2.75) is 32.7 Å². The summed E-state index contributed by atoms with van der Waals surface area (Å²) in [5, 5.41) is 0. The molecule has 0 radical (unpaired) electrons. The number of fused-ring (bicyclic) bond motifs is 1.